The number of aromatic amines is 1. The number of hydrogen-bond donors (Lipinski definition) is 1. The maximum Gasteiger partial charge on any atom is 0.177 e. The normalized spacial score (nSPS) is 10.8. The summed E-state index contributed by atoms with van der Waals surface area (Å²) in [6.07, 6.45) is 6.81. The first-order chi connectivity index (χ1) is 7.20. The maximum atomic E-state index is 5.15. The van der Waals surface area contributed by atoms with E-state index >= 15 is 0 Å². The van der Waals surface area contributed by atoms with Crippen LogP contribution in [0.5, 0.6) is 0 Å². The van der Waals surface area contributed by atoms with Crippen LogP contribution in [0.4, 0.5) is 0 Å². The molecular weight excluding hydrogens is 208 g/mol. The van der Waals surface area contributed by atoms with Gasteiger partial charge in [-0.15, -0.1) is 0 Å². The van der Waals surface area contributed by atoms with Crippen LogP contribution in [0.3, 0.4) is 0 Å². The van der Waals surface area contributed by atoms with Gasteiger partial charge in [0.15, 0.2) is 4.77 Å². The molecule has 0 bridgehead atoms. The van der Waals surface area contributed by atoms with Gasteiger partial charge in [0.25, 0.3) is 0 Å². The van der Waals surface area contributed by atoms with Crippen molar-refractivity contribution in [1.29, 1.82) is 0 Å². The predicted octanol–water partition coefficient (Wildman–Crippen LogP) is 1.89. The number of nitrogens with one attached hydrogen (secondary N) is 1. The number of rotatable bonds is 3. The van der Waals surface area contributed by atoms with E-state index < -0.39 is 0 Å². The van der Waals surface area contributed by atoms with Gasteiger partial charge in [-0.1, -0.05) is 6.92 Å². The van der Waals surface area contributed by atoms with E-state index in [0.29, 0.717) is 0 Å². The molecule has 0 aliphatic carbocycles. The molecule has 0 radical (unpaired) electrons. The van der Waals surface area contributed by atoms with Crippen LogP contribution in [0.2, 0.25) is 0 Å². The van der Waals surface area contributed by atoms with E-state index in [4.69, 9.17) is 12.2 Å². The van der Waals surface area contributed by atoms with Crippen molar-refractivity contribution in [1.82, 2.24) is 19.3 Å². The number of aromatic nitrogens is 4. The second-order valence-corrected chi connectivity index (χ2v) is 3.91. The Morgan fingerprint density at radius 3 is 2.93 bits per heavy atom. The average molecular weight is 222 g/mol. The second kappa shape index (κ2) is 4.02. The highest BCUT2D eigenvalue weighted by atomic mass is 32.1. The van der Waals surface area contributed by atoms with E-state index in [1.54, 1.807) is 0 Å². The zero-order valence-corrected chi connectivity index (χ0v) is 9.71. The van der Waals surface area contributed by atoms with Crippen LogP contribution in [-0.2, 0) is 20.0 Å². The van der Waals surface area contributed by atoms with Gasteiger partial charge in [-0.2, -0.15) is 5.10 Å². The van der Waals surface area contributed by atoms with Crippen molar-refractivity contribution in [3.05, 3.63) is 34.6 Å². The SMILES string of the molecule is CCc1nn(C)cc1Cn1cc[nH]c1=S. The largest absolute Gasteiger partial charge is 0.337 e. The average Bonchev–Trinajstić information content (AvgIpc) is 2.75. The Bertz CT molecular complexity index is 505. The van der Waals surface area contributed by atoms with Gasteiger partial charge in [0.2, 0.25) is 0 Å². The third kappa shape index (κ3) is 2.02. The lowest BCUT2D eigenvalue weighted by molar-refractivity contribution is 0.746. The summed E-state index contributed by atoms with van der Waals surface area (Å²) in [4.78, 5) is 2.98. The van der Waals surface area contributed by atoms with E-state index in [9.17, 15) is 0 Å². The van der Waals surface area contributed by atoms with Crippen LogP contribution in [0.1, 0.15) is 18.2 Å². The molecule has 0 amide bonds. The van der Waals surface area contributed by atoms with Gasteiger partial charge in [0, 0.05) is 31.2 Å². The molecule has 1 N–H and O–H groups in total. The van der Waals surface area contributed by atoms with E-state index in [1.165, 1.54) is 5.56 Å². The molecule has 2 heterocycles. The van der Waals surface area contributed by atoms with Gasteiger partial charge in [0.1, 0.15) is 0 Å². The molecule has 0 fully saturated rings. The van der Waals surface area contributed by atoms with E-state index in [2.05, 4.69) is 17.0 Å². The highest BCUT2D eigenvalue weighted by Crippen LogP contribution is 2.09. The number of hydrogen-bond acceptors (Lipinski definition) is 2. The molecule has 0 aliphatic heterocycles. The molecule has 0 aliphatic rings. The molecular formula is C10H14N4S. The summed E-state index contributed by atoms with van der Waals surface area (Å²) in [5.74, 6) is 0. The number of aryl methyl sites for hydroxylation is 2. The fraction of sp³-hybridized carbons (Fsp3) is 0.400. The summed E-state index contributed by atoms with van der Waals surface area (Å²) in [5, 5.41) is 4.40. The van der Waals surface area contributed by atoms with Crippen molar-refractivity contribution in [2.24, 2.45) is 7.05 Å². The highest BCUT2D eigenvalue weighted by Gasteiger charge is 2.06. The van der Waals surface area contributed by atoms with Crippen LogP contribution < -0.4 is 0 Å². The van der Waals surface area contributed by atoms with Gasteiger partial charge in [-0.3, -0.25) is 4.68 Å². The zero-order valence-electron chi connectivity index (χ0n) is 8.90. The van der Waals surface area contributed by atoms with Crippen molar-refractivity contribution < 1.29 is 0 Å². The molecule has 5 heteroatoms. The van der Waals surface area contributed by atoms with E-state index in [-0.39, 0.29) is 0 Å². The van der Waals surface area contributed by atoms with Gasteiger partial charge in [-0.25, -0.2) is 0 Å². The molecule has 2 aromatic heterocycles. The van der Waals surface area contributed by atoms with Crippen molar-refractivity contribution in [2.75, 3.05) is 0 Å². The fourth-order valence-electron chi connectivity index (χ4n) is 1.67. The second-order valence-electron chi connectivity index (χ2n) is 3.52. The van der Waals surface area contributed by atoms with Gasteiger partial charge in [0.05, 0.1) is 12.2 Å². The Morgan fingerprint density at radius 2 is 2.33 bits per heavy atom. The van der Waals surface area contributed by atoms with Gasteiger partial charge in [-0.05, 0) is 18.6 Å². The number of imidazole rings is 1. The minimum Gasteiger partial charge on any atom is -0.337 e. The van der Waals surface area contributed by atoms with Gasteiger partial charge < -0.3 is 9.55 Å². The number of nitrogens with zero attached hydrogens (tertiary/aromatic N) is 3. The molecule has 80 valence electrons. The minimum atomic E-state index is 0.751. The van der Waals surface area contributed by atoms with Crippen LogP contribution in [-0.4, -0.2) is 19.3 Å². The van der Waals surface area contributed by atoms with E-state index in [0.717, 1.165) is 23.4 Å². The Hall–Kier alpha value is -1.36. The van der Waals surface area contributed by atoms with Crippen LogP contribution in [0, 0.1) is 4.77 Å². The Morgan fingerprint density at radius 1 is 1.53 bits per heavy atom. The molecule has 15 heavy (non-hydrogen) atoms. The first-order valence-corrected chi connectivity index (χ1v) is 5.36. The Labute approximate surface area is 93.6 Å². The molecule has 2 rings (SSSR count). The summed E-state index contributed by atoms with van der Waals surface area (Å²) < 4.78 is 4.61. The van der Waals surface area contributed by atoms with Crippen LogP contribution in [0.15, 0.2) is 18.6 Å². The Balaban J connectivity index is 2.31. The highest BCUT2D eigenvalue weighted by molar-refractivity contribution is 7.71. The lowest BCUT2D eigenvalue weighted by Crippen LogP contribution is -1.99. The topological polar surface area (TPSA) is 38.5 Å². The first kappa shape index (κ1) is 10.2. The predicted molar refractivity (Wildman–Crippen MR) is 61.3 cm³/mol. The van der Waals surface area contributed by atoms with Crippen LogP contribution in [0.25, 0.3) is 0 Å². The molecule has 0 atom stereocenters. The standard InChI is InChI=1S/C10H14N4S/c1-3-9-8(6-13(2)12-9)7-14-5-4-11-10(14)15/h4-6H,3,7H2,1-2H3,(H,11,15). The van der Waals surface area contributed by atoms with Crippen molar-refractivity contribution in [3.8, 4) is 0 Å². The molecule has 0 saturated heterocycles. The molecule has 4 nitrogen and oxygen atoms in total. The maximum absolute atomic E-state index is 5.15. The zero-order chi connectivity index (χ0) is 10.8. The van der Waals surface area contributed by atoms with Crippen molar-refractivity contribution in [2.45, 2.75) is 19.9 Å². The van der Waals surface area contributed by atoms with Crippen molar-refractivity contribution >= 4 is 12.2 Å². The summed E-state index contributed by atoms with van der Waals surface area (Å²) in [7, 11) is 1.94. The minimum absolute atomic E-state index is 0.751. The van der Waals surface area contributed by atoms with E-state index in [1.807, 2.05) is 34.9 Å². The smallest absolute Gasteiger partial charge is 0.177 e. The lowest BCUT2D eigenvalue weighted by atomic mass is 10.2. The quantitative estimate of drug-likeness (QED) is 0.805. The summed E-state index contributed by atoms with van der Waals surface area (Å²) in [5.41, 5.74) is 2.37. The third-order valence-electron chi connectivity index (χ3n) is 2.39. The molecule has 2 aromatic rings. The number of H-pyrrole nitrogens is 1. The lowest BCUT2D eigenvalue weighted by Gasteiger charge is -2.00. The Kier molecular flexibility index (Phi) is 2.73. The summed E-state index contributed by atoms with van der Waals surface area (Å²) in [6.45, 7) is 2.90. The van der Waals surface area contributed by atoms with Crippen molar-refractivity contribution in [3.63, 3.8) is 0 Å². The molecule has 0 unspecified atom stereocenters. The summed E-state index contributed by atoms with van der Waals surface area (Å²) >= 11 is 5.15. The third-order valence-corrected chi connectivity index (χ3v) is 2.74. The van der Waals surface area contributed by atoms with Crippen LogP contribution >= 0.6 is 12.2 Å². The fourth-order valence-corrected chi connectivity index (χ4v) is 1.86. The monoisotopic (exact) mass is 222 g/mol. The molecule has 0 spiro atoms. The summed E-state index contributed by atoms with van der Waals surface area (Å²) in [6, 6.07) is 0. The molecule has 0 aromatic carbocycles. The molecule has 0 saturated carbocycles. The van der Waals surface area contributed by atoms with Gasteiger partial charge >= 0.3 is 0 Å². The first-order valence-electron chi connectivity index (χ1n) is 4.96.